The summed E-state index contributed by atoms with van der Waals surface area (Å²) in [6.07, 6.45) is 0. The van der Waals surface area contributed by atoms with E-state index < -0.39 is 21.8 Å². The Bertz CT molecular complexity index is 883. The van der Waals surface area contributed by atoms with Crippen molar-refractivity contribution in [3.8, 4) is 0 Å². The largest absolute Gasteiger partial charge is 0.343 e. The summed E-state index contributed by atoms with van der Waals surface area (Å²) in [5, 5.41) is 5.31. The van der Waals surface area contributed by atoms with Gasteiger partial charge >= 0.3 is 0 Å². The van der Waals surface area contributed by atoms with Gasteiger partial charge in [0, 0.05) is 5.69 Å². The molecule has 0 radical (unpaired) electrons. The number of carbonyl (C=O) groups is 2. The molecule has 0 atom stereocenters. The monoisotopic (exact) mass is 381 g/mol. The summed E-state index contributed by atoms with van der Waals surface area (Å²) in [6, 6.07) is 12.1. The van der Waals surface area contributed by atoms with Gasteiger partial charge in [0.1, 0.15) is 0 Å². The van der Waals surface area contributed by atoms with Gasteiger partial charge in [0.15, 0.2) is 0 Å². The van der Waals surface area contributed by atoms with Crippen molar-refractivity contribution >= 4 is 39.1 Å². The molecular formula is C16H16ClN3O4S. The van der Waals surface area contributed by atoms with Crippen LogP contribution in [-0.2, 0) is 14.8 Å². The van der Waals surface area contributed by atoms with Gasteiger partial charge in [0.25, 0.3) is 5.91 Å². The number of halogens is 1. The first kappa shape index (κ1) is 18.9. The van der Waals surface area contributed by atoms with E-state index in [1.165, 1.54) is 31.3 Å². The Morgan fingerprint density at radius 3 is 2.28 bits per heavy atom. The molecule has 0 saturated heterocycles. The zero-order valence-electron chi connectivity index (χ0n) is 13.2. The molecule has 0 aliphatic rings. The molecule has 0 saturated carbocycles. The summed E-state index contributed by atoms with van der Waals surface area (Å²) in [5.74, 6) is -0.916. The minimum atomic E-state index is -3.53. The molecule has 132 valence electrons. The molecule has 0 aromatic heterocycles. The van der Waals surface area contributed by atoms with Gasteiger partial charge < -0.3 is 10.6 Å². The quantitative estimate of drug-likeness (QED) is 0.707. The van der Waals surface area contributed by atoms with E-state index in [2.05, 4.69) is 15.4 Å². The molecule has 0 fully saturated rings. The van der Waals surface area contributed by atoms with Crippen molar-refractivity contribution in [1.29, 1.82) is 0 Å². The van der Waals surface area contributed by atoms with Crippen LogP contribution in [0.2, 0.25) is 5.02 Å². The fourth-order valence-electron chi connectivity index (χ4n) is 1.94. The van der Waals surface area contributed by atoms with Crippen molar-refractivity contribution in [3.05, 3.63) is 59.1 Å². The SMILES string of the molecule is CNS(=O)(=O)c1ccc(NC(=O)CNC(=O)c2ccccc2Cl)cc1. The number of rotatable bonds is 6. The van der Waals surface area contributed by atoms with Crippen molar-refractivity contribution < 1.29 is 18.0 Å². The lowest BCUT2D eigenvalue weighted by molar-refractivity contribution is -0.115. The fourth-order valence-corrected chi connectivity index (χ4v) is 2.89. The Balaban J connectivity index is 1.92. The number of hydrogen-bond acceptors (Lipinski definition) is 4. The molecule has 2 aromatic carbocycles. The van der Waals surface area contributed by atoms with Gasteiger partial charge in [-0.15, -0.1) is 0 Å². The van der Waals surface area contributed by atoms with Crippen LogP contribution in [0.5, 0.6) is 0 Å². The summed E-state index contributed by atoms with van der Waals surface area (Å²) < 4.78 is 25.4. The maximum atomic E-state index is 12.0. The van der Waals surface area contributed by atoms with Crippen molar-refractivity contribution in [2.75, 3.05) is 18.9 Å². The van der Waals surface area contributed by atoms with Gasteiger partial charge in [-0.2, -0.15) is 0 Å². The topological polar surface area (TPSA) is 104 Å². The fraction of sp³-hybridized carbons (Fsp3) is 0.125. The van der Waals surface area contributed by atoms with Crippen molar-refractivity contribution in [1.82, 2.24) is 10.0 Å². The second-order valence-electron chi connectivity index (χ2n) is 4.94. The molecule has 7 nitrogen and oxygen atoms in total. The Morgan fingerprint density at radius 1 is 1.04 bits per heavy atom. The molecule has 9 heteroatoms. The number of hydrogen-bond donors (Lipinski definition) is 3. The normalized spacial score (nSPS) is 11.0. The predicted octanol–water partition coefficient (Wildman–Crippen LogP) is 1.62. The van der Waals surface area contributed by atoms with Crippen LogP contribution in [0.25, 0.3) is 0 Å². The molecular weight excluding hydrogens is 366 g/mol. The van der Waals surface area contributed by atoms with Crippen molar-refractivity contribution in [3.63, 3.8) is 0 Å². The van der Waals surface area contributed by atoms with Crippen LogP contribution < -0.4 is 15.4 Å². The Morgan fingerprint density at radius 2 is 1.68 bits per heavy atom. The smallest absolute Gasteiger partial charge is 0.253 e. The third kappa shape index (κ3) is 5.02. The molecule has 0 spiro atoms. The average Bonchev–Trinajstić information content (AvgIpc) is 2.60. The summed E-state index contributed by atoms with van der Waals surface area (Å²) in [7, 11) is -2.22. The molecule has 3 N–H and O–H groups in total. The van der Waals surface area contributed by atoms with E-state index in [0.29, 0.717) is 10.7 Å². The standard InChI is InChI=1S/C16H16ClN3O4S/c1-18-25(23,24)12-8-6-11(7-9-12)20-15(21)10-19-16(22)13-4-2-3-5-14(13)17/h2-9,18H,10H2,1H3,(H,19,22)(H,20,21). The second kappa shape index (κ2) is 8.11. The molecule has 0 aliphatic carbocycles. The highest BCUT2D eigenvalue weighted by Crippen LogP contribution is 2.15. The van der Waals surface area contributed by atoms with Gasteiger partial charge in [0.2, 0.25) is 15.9 Å². The molecule has 0 bridgehead atoms. The number of anilines is 1. The Kier molecular flexibility index (Phi) is 6.13. The van der Waals surface area contributed by atoms with Crippen LogP contribution in [-0.4, -0.2) is 33.8 Å². The summed E-state index contributed by atoms with van der Waals surface area (Å²) in [6.45, 7) is -0.249. The van der Waals surface area contributed by atoms with E-state index in [-0.39, 0.29) is 17.0 Å². The highest BCUT2D eigenvalue weighted by atomic mass is 35.5. The predicted molar refractivity (Wildman–Crippen MR) is 95.1 cm³/mol. The number of amides is 2. The number of benzene rings is 2. The highest BCUT2D eigenvalue weighted by Gasteiger charge is 2.13. The van der Waals surface area contributed by atoms with Gasteiger partial charge in [-0.1, -0.05) is 23.7 Å². The van der Waals surface area contributed by atoms with E-state index in [1.54, 1.807) is 24.3 Å². The maximum Gasteiger partial charge on any atom is 0.253 e. The van der Waals surface area contributed by atoms with Crippen LogP contribution in [0.4, 0.5) is 5.69 Å². The van der Waals surface area contributed by atoms with Crippen LogP contribution in [0.1, 0.15) is 10.4 Å². The molecule has 2 rings (SSSR count). The van der Waals surface area contributed by atoms with Gasteiger partial charge in [0.05, 0.1) is 22.0 Å². The lowest BCUT2D eigenvalue weighted by atomic mass is 10.2. The number of nitrogens with one attached hydrogen (secondary N) is 3. The first-order chi connectivity index (χ1) is 11.8. The Hall–Kier alpha value is -2.42. The zero-order chi connectivity index (χ0) is 18.4. The second-order valence-corrected chi connectivity index (χ2v) is 7.24. The number of sulfonamides is 1. The van der Waals surface area contributed by atoms with Gasteiger partial charge in [-0.05, 0) is 43.4 Å². The molecule has 0 heterocycles. The lowest BCUT2D eigenvalue weighted by Crippen LogP contribution is -2.33. The molecule has 2 aromatic rings. The highest BCUT2D eigenvalue weighted by molar-refractivity contribution is 7.89. The van der Waals surface area contributed by atoms with Crippen molar-refractivity contribution in [2.24, 2.45) is 0 Å². The van der Waals surface area contributed by atoms with Crippen LogP contribution in [0, 0.1) is 0 Å². The van der Waals surface area contributed by atoms with Crippen LogP contribution in [0.3, 0.4) is 0 Å². The molecule has 25 heavy (non-hydrogen) atoms. The summed E-state index contributed by atoms with van der Waals surface area (Å²) in [4.78, 5) is 23.9. The summed E-state index contributed by atoms with van der Waals surface area (Å²) >= 11 is 5.91. The van der Waals surface area contributed by atoms with E-state index in [0.717, 1.165) is 0 Å². The molecule has 0 unspecified atom stereocenters. The van der Waals surface area contributed by atoms with Crippen LogP contribution in [0.15, 0.2) is 53.4 Å². The molecule has 2 amide bonds. The van der Waals surface area contributed by atoms with Gasteiger partial charge in [-0.25, -0.2) is 13.1 Å². The van der Waals surface area contributed by atoms with E-state index in [9.17, 15) is 18.0 Å². The minimum absolute atomic E-state index is 0.0834. The summed E-state index contributed by atoms with van der Waals surface area (Å²) in [5.41, 5.74) is 0.686. The lowest BCUT2D eigenvalue weighted by Gasteiger charge is -2.09. The third-order valence-electron chi connectivity index (χ3n) is 3.25. The Labute approximate surface area is 150 Å². The third-order valence-corrected chi connectivity index (χ3v) is 5.00. The van der Waals surface area contributed by atoms with E-state index in [1.807, 2.05) is 0 Å². The van der Waals surface area contributed by atoms with E-state index in [4.69, 9.17) is 11.6 Å². The maximum absolute atomic E-state index is 12.0. The zero-order valence-corrected chi connectivity index (χ0v) is 14.8. The van der Waals surface area contributed by atoms with E-state index >= 15 is 0 Å². The van der Waals surface area contributed by atoms with Crippen LogP contribution >= 0.6 is 11.6 Å². The number of carbonyl (C=O) groups excluding carboxylic acids is 2. The first-order valence-corrected chi connectivity index (χ1v) is 9.06. The molecule has 0 aliphatic heterocycles. The van der Waals surface area contributed by atoms with Crippen molar-refractivity contribution in [2.45, 2.75) is 4.90 Å². The average molecular weight is 382 g/mol. The van der Waals surface area contributed by atoms with Gasteiger partial charge in [-0.3, -0.25) is 9.59 Å². The minimum Gasteiger partial charge on any atom is -0.343 e. The first-order valence-electron chi connectivity index (χ1n) is 7.19.